The van der Waals surface area contributed by atoms with Crippen LogP contribution < -0.4 is 0 Å². The van der Waals surface area contributed by atoms with Crippen molar-refractivity contribution < 1.29 is 9.47 Å². The summed E-state index contributed by atoms with van der Waals surface area (Å²) in [6, 6.07) is 10.3. The molecule has 0 unspecified atom stereocenters. The molecule has 0 N–H and O–H groups in total. The third kappa shape index (κ3) is 9.43. The molecule has 21 heavy (non-hydrogen) atoms. The van der Waals surface area contributed by atoms with Crippen molar-refractivity contribution in [1.29, 1.82) is 0 Å². The molecule has 0 saturated heterocycles. The minimum atomic E-state index is -0.125. The lowest BCUT2D eigenvalue weighted by Gasteiger charge is -2.16. The molecule has 2 nitrogen and oxygen atoms in total. The largest absolute Gasteiger partial charge is 0.356 e. The first-order valence-electron chi connectivity index (χ1n) is 8.16. The highest BCUT2D eigenvalue weighted by Gasteiger charge is 2.08. The standard InChI is InChI=1S/C19H30O2/c1-3-4-5-6-7-8-9-13-16-21-19(20-2)17-18-14-11-10-12-15-18/h3,10-12,14-15,19H,1,4-9,13,16-17H2,2H3/t19-/m1/s1. The van der Waals surface area contributed by atoms with E-state index in [0.717, 1.165) is 25.9 Å². The van der Waals surface area contributed by atoms with E-state index in [2.05, 4.69) is 30.8 Å². The SMILES string of the molecule is C=CCCCCCCCCO[C@H](Cc1ccccc1)OC. The molecular formula is C19H30O2. The molecule has 1 aromatic rings. The van der Waals surface area contributed by atoms with Crippen LogP contribution in [0.2, 0.25) is 0 Å². The average molecular weight is 290 g/mol. The fourth-order valence-electron chi connectivity index (χ4n) is 2.33. The lowest BCUT2D eigenvalue weighted by molar-refractivity contribution is -0.123. The molecule has 0 fully saturated rings. The molecule has 0 bridgehead atoms. The third-order valence-corrected chi connectivity index (χ3v) is 3.61. The van der Waals surface area contributed by atoms with Crippen molar-refractivity contribution in [1.82, 2.24) is 0 Å². The van der Waals surface area contributed by atoms with E-state index in [-0.39, 0.29) is 6.29 Å². The molecule has 0 aliphatic rings. The number of hydrogen-bond donors (Lipinski definition) is 0. The van der Waals surface area contributed by atoms with Crippen LogP contribution in [0.1, 0.15) is 50.5 Å². The monoisotopic (exact) mass is 290 g/mol. The number of hydrogen-bond acceptors (Lipinski definition) is 2. The van der Waals surface area contributed by atoms with Gasteiger partial charge in [-0.1, -0.05) is 62.1 Å². The van der Waals surface area contributed by atoms with Crippen LogP contribution in [0.5, 0.6) is 0 Å². The molecule has 0 amide bonds. The maximum atomic E-state index is 5.80. The summed E-state index contributed by atoms with van der Waals surface area (Å²) in [7, 11) is 1.72. The second kappa shape index (κ2) is 12.6. The van der Waals surface area contributed by atoms with Crippen LogP contribution in [0.4, 0.5) is 0 Å². The van der Waals surface area contributed by atoms with Gasteiger partial charge in [-0.2, -0.15) is 0 Å². The smallest absolute Gasteiger partial charge is 0.161 e. The lowest BCUT2D eigenvalue weighted by atomic mass is 10.1. The Morgan fingerprint density at radius 2 is 1.67 bits per heavy atom. The van der Waals surface area contributed by atoms with Crippen molar-refractivity contribution in [2.24, 2.45) is 0 Å². The number of ether oxygens (including phenoxy) is 2. The minimum absolute atomic E-state index is 0.125. The van der Waals surface area contributed by atoms with Crippen LogP contribution >= 0.6 is 0 Å². The van der Waals surface area contributed by atoms with Crippen molar-refractivity contribution in [2.75, 3.05) is 13.7 Å². The van der Waals surface area contributed by atoms with Crippen LogP contribution in [-0.2, 0) is 15.9 Å². The van der Waals surface area contributed by atoms with Gasteiger partial charge in [-0.25, -0.2) is 0 Å². The maximum absolute atomic E-state index is 5.80. The van der Waals surface area contributed by atoms with E-state index in [1.165, 1.54) is 37.7 Å². The molecule has 0 aromatic heterocycles. The van der Waals surface area contributed by atoms with Crippen LogP contribution in [0, 0.1) is 0 Å². The van der Waals surface area contributed by atoms with Crippen LogP contribution in [0.25, 0.3) is 0 Å². The molecule has 118 valence electrons. The van der Waals surface area contributed by atoms with Crippen LogP contribution in [0.15, 0.2) is 43.0 Å². The molecule has 0 radical (unpaired) electrons. The van der Waals surface area contributed by atoms with Gasteiger partial charge in [0.25, 0.3) is 0 Å². The van der Waals surface area contributed by atoms with Gasteiger partial charge in [-0.3, -0.25) is 0 Å². The molecule has 1 aromatic carbocycles. The van der Waals surface area contributed by atoms with Gasteiger partial charge in [0.05, 0.1) is 0 Å². The van der Waals surface area contributed by atoms with Gasteiger partial charge in [0, 0.05) is 20.1 Å². The average Bonchev–Trinajstić information content (AvgIpc) is 2.53. The van der Waals surface area contributed by atoms with Crippen molar-refractivity contribution in [3.63, 3.8) is 0 Å². The van der Waals surface area contributed by atoms with E-state index >= 15 is 0 Å². The zero-order valence-electron chi connectivity index (χ0n) is 13.4. The van der Waals surface area contributed by atoms with Crippen molar-refractivity contribution in [2.45, 2.75) is 57.7 Å². The first-order valence-corrected chi connectivity index (χ1v) is 8.16. The predicted octanol–water partition coefficient (Wildman–Crippen LogP) is 5.13. The van der Waals surface area contributed by atoms with E-state index in [9.17, 15) is 0 Å². The van der Waals surface area contributed by atoms with Gasteiger partial charge in [-0.15, -0.1) is 6.58 Å². The number of benzene rings is 1. The van der Waals surface area contributed by atoms with Crippen LogP contribution in [0.3, 0.4) is 0 Å². The van der Waals surface area contributed by atoms with Crippen LogP contribution in [-0.4, -0.2) is 20.0 Å². The fourth-order valence-corrected chi connectivity index (χ4v) is 2.33. The van der Waals surface area contributed by atoms with Gasteiger partial charge in [0.2, 0.25) is 0 Å². The van der Waals surface area contributed by atoms with Crippen molar-refractivity contribution >= 4 is 0 Å². The first-order chi connectivity index (χ1) is 10.4. The summed E-state index contributed by atoms with van der Waals surface area (Å²) in [5, 5.41) is 0. The third-order valence-electron chi connectivity index (χ3n) is 3.61. The van der Waals surface area contributed by atoms with E-state index in [1.807, 2.05) is 12.1 Å². The highest BCUT2D eigenvalue weighted by atomic mass is 16.7. The summed E-state index contributed by atoms with van der Waals surface area (Å²) >= 11 is 0. The molecule has 0 heterocycles. The summed E-state index contributed by atoms with van der Waals surface area (Å²) in [5.74, 6) is 0. The summed E-state index contributed by atoms with van der Waals surface area (Å²) in [5.41, 5.74) is 1.26. The Bertz CT molecular complexity index is 348. The molecular weight excluding hydrogens is 260 g/mol. The van der Waals surface area contributed by atoms with Gasteiger partial charge >= 0.3 is 0 Å². The minimum Gasteiger partial charge on any atom is -0.356 e. The van der Waals surface area contributed by atoms with E-state index in [4.69, 9.17) is 9.47 Å². The maximum Gasteiger partial charge on any atom is 0.161 e. The van der Waals surface area contributed by atoms with Gasteiger partial charge in [0.1, 0.15) is 0 Å². The topological polar surface area (TPSA) is 18.5 Å². The molecule has 0 aliphatic carbocycles. The van der Waals surface area contributed by atoms with E-state index in [1.54, 1.807) is 7.11 Å². The van der Waals surface area contributed by atoms with Crippen molar-refractivity contribution in [3.8, 4) is 0 Å². The Morgan fingerprint density at radius 3 is 2.33 bits per heavy atom. The Hall–Kier alpha value is -1.12. The number of rotatable bonds is 13. The molecule has 0 saturated carbocycles. The highest BCUT2D eigenvalue weighted by Crippen LogP contribution is 2.10. The number of methoxy groups -OCH3 is 1. The Balaban J connectivity index is 2.01. The summed E-state index contributed by atoms with van der Waals surface area (Å²) in [6.07, 6.45) is 11.4. The second-order valence-corrected chi connectivity index (χ2v) is 5.42. The Kier molecular flexibility index (Phi) is 10.8. The molecule has 0 spiro atoms. The van der Waals surface area contributed by atoms with Gasteiger partial charge in [-0.05, 0) is 24.8 Å². The van der Waals surface area contributed by atoms with E-state index < -0.39 is 0 Å². The predicted molar refractivity (Wildman–Crippen MR) is 89.4 cm³/mol. The number of allylic oxidation sites excluding steroid dienone is 1. The first kappa shape index (κ1) is 17.9. The van der Waals surface area contributed by atoms with Crippen molar-refractivity contribution in [3.05, 3.63) is 48.6 Å². The normalized spacial score (nSPS) is 12.2. The summed E-state index contributed by atoms with van der Waals surface area (Å²) in [6.45, 7) is 4.53. The Labute approximate surface area is 130 Å². The highest BCUT2D eigenvalue weighted by molar-refractivity contribution is 5.14. The molecule has 2 heteroatoms. The molecule has 0 aliphatic heterocycles. The van der Waals surface area contributed by atoms with Gasteiger partial charge < -0.3 is 9.47 Å². The molecule has 1 rings (SSSR count). The zero-order valence-corrected chi connectivity index (χ0v) is 13.4. The Morgan fingerprint density at radius 1 is 1.00 bits per heavy atom. The summed E-state index contributed by atoms with van der Waals surface area (Å²) < 4.78 is 11.2. The lowest BCUT2D eigenvalue weighted by Crippen LogP contribution is -2.19. The second-order valence-electron chi connectivity index (χ2n) is 5.42. The summed E-state index contributed by atoms with van der Waals surface area (Å²) in [4.78, 5) is 0. The van der Waals surface area contributed by atoms with E-state index in [0.29, 0.717) is 0 Å². The quantitative estimate of drug-likeness (QED) is 0.285. The fraction of sp³-hybridized carbons (Fsp3) is 0.579. The number of unbranched alkanes of at least 4 members (excludes halogenated alkanes) is 6. The van der Waals surface area contributed by atoms with Gasteiger partial charge in [0.15, 0.2) is 6.29 Å². The zero-order chi connectivity index (χ0) is 15.2. The molecule has 1 atom stereocenters.